The molecule has 0 spiro atoms. The van der Waals surface area contributed by atoms with Gasteiger partial charge in [-0.15, -0.1) is 0 Å². The van der Waals surface area contributed by atoms with Crippen molar-refractivity contribution in [3.05, 3.63) is 0 Å². The van der Waals surface area contributed by atoms with Crippen molar-refractivity contribution in [2.75, 3.05) is 38.0 Å². The van der Waals surface area contributed by atoms with Gasteiger partial charge in [0.25, 0.3) is 0 Å². The highest BCUT2D eigenvalue weighted by atomic mass is 79.9. The van der Waals surface area contributed by atoms with Gasteiger partial charge in [-0.1, -0.05) is 22.9 Å². The quantitative estimate of drug-likeness (QED) is 0.348. The Morgan fingerprint density at radius 1 is 0.714 bits per heavy atom. The van der Waals surface area contributed by atoms with E-state index in [4.69, 9.17) is 22.1 Å². The number of alkyl halides is 1. The molecule has 0 amide bonds. The molecule has 0 aromatic rings. The molecule has 0 aromatic heterocycles. The summed E-state index contributed by atoms with van der Waals surface area (Å²) in [6.07, 6.45) is 0. The molecule has 0 aliphatic rings. The van der Waals surface area contributed by atoms with Crippen molar-refractivity contribution in [2.45, 2.75) is 46.7 Å². The van der Waals surface area contributed by atoms with Crippen molar-refractivity contribution in [3.63, 3.8) is 0 Å². The normalized spacial score (nSPS) is 14.4. The van der Waals surface area contributed by atoms with Gasteiger partial charge in [0.2, 0.25) is 0 Å². The lowest BCUT2D eigenvalue weighted by atomic mass is 10.9. The molecule has 1 unspecified atom stereocenters. The Labute approximate surface area is 140 Å². The smallest absolute Gasteiger partial charge is 0.394 e. The van der Waals surface area contributed by atoms with E-state index in [-0.39, 0.29) is 5.16 Å². The Kier molecular flexibility index (Phi) is 11.7. The Balaban J connectivity index is 5.57. The zero-order valence-corrected chi connectivity index (χ0v) is 17.8. The van der Waals surface area contributed by atoms with Gasteiger partial charge in [0, 0.05) is 38.0 Å². The largest absolute Gasteiger partial charge is 0.505 e. The summed E-state index contributed by atoms with van der Waals surface area (Å²) in [6.45, 7) is 14.8. The third-order valence-electron chi connectivity index (χ3n) is 3.19. The number of hydrogen-bond acceptors (Lipinski definition) is 5. The lowest BCUT2D eigenvalue weighted by Gasteiger charge is -2.41. The fraction of sp³-hybridized carbons (Fsp3) is 1.00. The van der Waals surface area contributed by atoms with Crippen molar-refractivity contribution in [3.8, 4) is 0 Å². The minimum Gasteiger partial charge on any atom is -0.394 e. The van der Waals surface area contributed by atoms with Crippen LogP contribution in [0.2, 0.25) is 5.16 Å². The summed E-state index contributed by atoms with van der Waals surface area (Å²) < 4.78 is 30.2. The first kappa shape index (κ1) is 21.7. The van der Waals surface area contributed by atoms with Gasteiger partial charge in [-0.3, -0.25) is 0 Å². The van der Waals surface area contributed by atoms with E-state index in [1.165, 1.54) is 0 Å². The second kappa shape index (κ2) is 11.3. The molecular formula is C13H31BrO5Si2. The molecule has 0 fully saturated rings. The molecule has 0 saturated carbocycles. The monoisotopic (exact) mass is 402 g/mol. The highest BCUT2D eigenvalue weighted by molar-refractivity contribution is 9.09. The maximum Gasteiger partial charge on any atom is 0.505 e. The van der Waals surface area contributed by atoms with E-state index in [0.717, 1.165) is 0 Å². The first-order valence-corrected chi connectivity index (χ1v) is 12.8. The van der Waals surface area contributed by atoms with Crippen LogP contribution in [0.15, 0.2) is 0 Å². The second-order valence-electron chi connectivity index (χ2n) is 4.44. The molecule has 0 aromatic carbocycles. The molecule has 0 heterocycles. The van der Waals surface area contributed by atoms with E-state index in [0.29, 0.717) is 38.0 Å². The zero-order chi connectivity index (χ0) is 16.4. The maximum atomic E-state index is 6.09. The molecule has 0 saturated heterocycles. The molecule has 0 N–H and O–H groups in total. The summed E-state index contributed by atoms with van der Waals surface area (Å²) in [6, 6.07) is 0. The summed E-state index contributed by atoms with van der Waals surface area (Å²) in [4.78, 5) is 0.671. The molecule has 128 valence electrons. The molecule has 0 rings (SSSR count). The number of halogens is 1. The Morgan fingerprint density at radius 3 is 1.29 bits per heavy atom. The Hall–Kier alpha value is 0.714. The van der Waals surface area contributed by atoms with Crippen LogP contribution in [0.25, 0.3) is 0 Å². The molecule has 0 aliphatic carbocycles. The van der Waals surface area contributed by atoms with Gasteiger partial charge >= 0.3 is 17.4 Å². The van der Waals surface area contributed by atoms with E-state index in [1.54, 1.807) is 0 Å². The second-order valence-corrected chi connectivity index (χ2v) is 13.0. The summed E-state index contributed by atoms with van der Waals surface area (Å²) >= 11 is 3.59. The Morgan fingerprint density at radius 2 is 1.05 bits per heavy atom. The van der Waals surface area contributed by atoms with Crippen molar-refractivity contribution in [1.82, 2.24) is 0 Å². The number of rotatable bonds is 13. The van der Waals surface area contributed by atoms with Gasteiger partial charge in [0.15, 0.2) is 0 Å². The Bertz CT molecular complexity index is 248. The van der Waals surface area contributed by atoms with Crippen LogP contribution in [0, 0.1) is 0 Å². The molecule has 0 radical (unpaired) electrons. The molecule has 5 nitrogen and oxygen atoms in total. The van der Waals surface area contributed by atoms with Gasteiger partial charge < -0.3 is 22.1 Å². The minimum absolute atomic E-state index is 0.0101. The van der Waals surface area contributed by atoms with Crippen LogP contribution in [0.1, 0.15) is 41.5 Å². The summed E-state index contributed by atoms with van der Waals surface area (Å²) in [5.74, 6) is 0. The highest BCUT2D eigenvalue weighted by Crippen LogP contribution is 2.36. The van der Waals surface area contributed by atoms with E-state index < -0.39 is 17.4 Å². The van der Waals surface area contributed by atoms with E-state index in [9.17, 15) is 0 Å². The van der Waals surface area contributed by atoms with Crippen LogP contribution in [0.4, 0.5) is 0 Å². The average molecular weight is 403 g/mol. The van der Waals surface area contributed by atoms with E-state index in [1.807, 2.05) is 34.6 Å². The van der Waals surface area contributed by atoms with Crippen LogP contribution in [-0.4, -0.2) is 55.4 Å². The van der Waals surface area contributed by atoms with Crippen LogP contribution in [0.3, 0.4) is 0 Å². The van der Waals surface area contributed by atoms with Crippen LogP contribution in [-0.2, 0) is 22.1 Å². The van der Waals surface area contributed by atoms with Gasteiger partial charge in [-0.05, 0) is 34.6 Å². The molecule has 21 heavy (non-hydrogen) atoms. The van der Waals surface area contributed by atoms with Crippen molar-refractivity contribution >= 4 is 33.3 Å². The van der Waals surface area contributed by atoms with Crippen LogP contribution < -0.4 is 0 Å². The molecular weight excluding hydrogens is 372 g/mol. The van der Waals surface area contributed by atoms with Crippen molar-refractivity contribution in [2.24, 2.45) is 0 Å². The predicted molar refractivity (Wildman–Crippen MR) is 92.9 cm³/mol. The molecule has 0 aliphatic heterocycles. The molecule has 0 bridgehead atoms. The summed E-state index contributed by atoms with van der Waals surface area (Å²) in [7, 11) is -5.36. The lowest BCUT2D eigenvalue weighted by molar-refractivity contribution is 0.0614. The van der Waals surface area contributed by atoms with Gasteiger partial charge in [0.1, 0.15) is 0 Å². The fourth-order valence-corrected chi connectivity index (χ4v) is 13.5. The van der Waals surface area contributed by atoms with E-state index >= 15 is 0 Å². The SMILES string of the molecule is CCO[Si](CBr)(OCC)C(C)[Si](OCC)(OCC)OCC. The zero-order valence-electron chi connectivity index (χ0n) is 14.2. The standard InChI is InChI=1S/C13H31BrO5Si2/c1-7-15-20(12-14,16-8-2)13(6)21(17-9-3,18-10-4)19-11-5/h13H,7-12H2,1-6H3. The maximum absolute atomic E-state index is 6.09. The summed E-state index contributed by atoms with van der Waals surface area (Å²) in [5.41, 5.74) is 0. The lowest BCUT2D eigenvalue weighted by Crippen LogP contribution is -2.63. The minimum atomic E-state index is -2.85. The molecule has 8 heteroatoms. The highest BCUT2D eigenvalue weighted by Gasteiger charge is 2.60. The van der Waals surface area contributed by atoms with Gasteiger partial charge in [-0.2, -0.15) is 0 Å². The average Bonchev–Trinajstić information content (AvgIpc) is 2.46. The van der Waals surface area contributed by atoms with E-state index in [2.05, 4.69) is 22.9 Å². The van der Waals surface area contributed by atoms with Crippen LogP contribution in [0.5, 0.6) is 0 Å². The van der Waals surface area contributed by atoms with Crippen molar-refractivity contribution in [1.29, 1.82) is 0 Å². The first-order chi connectivity index (χ1) is 10.0. The summed E-state index contributed by atoms with van der Waals surface area (Å²) in [5, 5.41) is -0.0101. The molecule has 1 atom stereocenters. The van der Waals surface area contributed by atoms with Gasteiger partial charge in [0.05, 0.1) is 5.16 Å². The number of hydrogen-bond donors (Lipinski definition) is 0. The fourth-order valence-electron chi connectivity index (χ4n) is 2.35. The van der Waals surface area contributed by atoms with Crippen molar-refractivity contribution < 1.29 is 22.1 Å². The third kappa shape index (κ3) is 5.69. The third-order valence-corrected chi connectivity index (χ3v) is 14.3. The van der Waals surface area contributed by atoms with Crippen LogP contribution >= 0.6 is 15.9 Å². The first-order valence-electron chi connectivity index (χ1n) is 7.78. The van der Waals surface area contributed by atoms with Gasteiger partial charge in [-0.25, -0.2) is 0 Å². The predicted octanol–water partition coefficient (Wildman–Crippen LogP) is 3.41. The topological polar surface area (TPSA) is 46.2 Å².